The largest absolute Gasteiger partial charge is 0.393 e. The van der Waals surface area contributed by atoms with Crippen molar-refractivity contribution in [1.82, 2.24) is 0 Å². The van der Waals surface area contributed by atoms with Gasteiger partial charge in [-0.25, -0.2) is 0 Å². The Bertz CT molecular complexity index is 326. The number of hydrogen-bond donors (Lipinski definition) is 2. The number of carbonyl (C=O) groups is 1. The quantitative estimate of drug-likeness (QED) is 0.562. The van der Waals surface area contributed by atoms with E-state index in [9.17, 15) is 9.90 Å². The number of Topliss-reactive ketones (excluding diaryl/α,β-unsaturated/α-hetero) is 1. The number of hydrogen-bond acceptors (Lipinski definition) is 3. The highest BCUT2D eigenvalue weighted by molar-refractivity contribution is 7.96. The van der Waals surface area contributed by atoms with Gasteiger partial charge in [0.05, 0.1) is 12.9 Å². The van der Waals surface area contributed by atoms with E-state index in [0.717, 1.165) is 0 Å². The summed E-state index contributed by atoms with van der Waals surface area (Å²) in [4.78, 5) is 11.8. The Labute approximate surface area is 98.5 Å². The zero-order chi connectivity index (χ0) is 12.0. The fourth-order valence-corrected chi connectivity index (χ4v) is 2.87. The molecule has 1 aromatic rings. The molecule has 0 saturated carbocycles. The molecule has 0 aromatic heterocycles. The van der Waals surface area contributed by atoms with E-state index in [0.29, 0.717) is 17.1 Å². The molecule has 16 heavy (non-hydrogen) atoms. The molecule has 1 aromatic carbocycles. The standard InChI is InChI=1S/C12H17O3S/c1-16(8-11(14)7-13)9-12(15)10-5-3-2-4-6-10/h2-6,11,13-14H,7-9H2,1H3/q+1. The molecule has 0 heterocycles. The number of aliphatic hydroxyl groups is 2. The predicted molar refractivity (Wildman–Crippen MR) is 66.9 cm³/mol. The summed E-state index contributed by atoms with van der Waals surface area (Å²) in [7, 11) is -0.190. The van der Waals surface area contributed by atoms with Crippen LogP contribution in [0.15, 0.2) is 30.3 Å². The van der Waals surface area contributed by atoms with Crippen molar-refractivity contribution in [2.45, 2.75) is 6.10 Å². The Morgan fingerprint density at radius 3 is 2.56 bits per heavy atom. The molecule has 1 rings (SSSR count). The molecule has 3 nitrogen and oxygen atoms in total. The van der Waals surface area contributed by atoms with Crippen LogP contribution in [0.2, 0.25) is 0 Å². The Morgan fingerprint density at radius 2 is 2.00 bits per heavy atom. The van der Waals surface area contributed by atoms with Gasteiger partial charge in [0.25, 0.3) is 0 Å². The lowest BCUT2D eigenvalue weighted by Crippen LogP contribution is -2.28. The average Bonchev–Trinajstić information content (AvgIpc) is 2.29. The van der Waals surface area contributed by atoms with Gasteiger partial charge in [-0.3, -0.25) is 4.79 Å². The number of benzene rings is 1. The summed E-state index contributed by atoms with van der Waals surface area (Å²) in [6, 6.07) is 9.13. The van der Waals surface area contributed by atoms with Crippen LogP contribution in [-0.4, -0.2) is 46.5 Å². The fraction of sp³-hybridized carbons (Fsp3) is 0.417. The molecular weight excluding hydrogens is 224 g/mol. The van der Waals surface area contributed by atoms with E-state index in [-0.39, 0.29) is 23.3 Å². The molecule has 2 atom stereocenters. The smallest absolute Gasteiger partial charge is 0.211 e. The Balaban J connectivity index is 2.46. The van der Waals surface area contributed by atoms with Crippen molar-refractivity contribution in [1.29, 1.82) is 0 Å². The lowest BCUT2D eigenvalue weighted by molar-refractivity contribution is 0.102. The third kappa shape index (κ3) is 4.35. The minimum absolute atomic E-state index is 0.0940. The van der Waals surface area contributed by atoms with Crippen LogP contribution in [0.3, 0.4) is 0 Å². The van der Waals surface area contributed by atoms with Crippen molar-refractivity contribution in [3.8, 4) is 0 Å². The van der Waals surface area contributed by atoms with Crippen molar-refractivity contribution in [2.75, 3.05) is 24.4 Å². The lowest BCUT2D eigenvalue weighted by atomic mass is 10.2. The first-order chi connectivity index (χ1) is 7.63. The van der Waals surface area contributed by atoms with Gasteiger partial charge in [-0.05, 0) is 10.9 Å². The summed E-state index contributed by atoms with van der Waals surface area (Å²) < 4.78 is 0. The first-order valence-electron chi connectivity index (χ1n) is 5.09. The minimum Gasteiger partial charge on any atom is -0.393 e. The summed E-state index contributed by atoms with van der Waals surface area (Å²) >= 11 is 0. The van der Waals surface area contributed by atoms with Gasteiger partial charge in [-0.2, -0.15) is 0 Å². The van der Waals surface area contributed by atoms with Crippen LogP contribution in [0.25, 0.3) is 0 Å². The lowest BCUT2D eigenvalue weighted by Gasteiger charge is -2.06. The summed E-state index contributed by atoms with van der Waals surface area (Å²) in [6.45, 7) is -0.239. The molecule has 4 heteroatoms. The molecular formula is C12H17O3S+. The minimum atomic E-state index is -0.711. The predicted octanol–water partition coefficient (Wildman–Crippen LogP) is 0.471. The van der Waals surface area contributed by atoms with Gasteiger partial charge < -0.3 is 10.2 Å². The first kappa shape index (κ1) is 13.2. The van der Waals surface area contributed by atoms with Gasteiger partial charge >= 0.3 is 0 Å². The van der Waals surface area contributed by atoms with E-state index >= 15 is 0 Å². The second-order valence-electron chi connectivity index (χ2n) is 3.72. The monoisotopic (exact) mass is 241 g/mol. The van der Waals surface area contributed by atoms with Crippen molar-refractivity contribution in [3.05, 3.63) is 35.9 Å². The SMILES string of the molecule is C[S+](CC(=O)c1ccccc1)CC(O)CO. The van der Waals surface area contributed by atoms with Crippen LogP contribution < -0.4 is 0 Å². The average molecular weight is 241 g/mol. The van der Waals surface area contributed by atoms with Crippen LogP contribution in [0.1, 0.15) is 10.4 Å². The van der Waals surface area contributed by atoms with Gasteiger partial charge in [0.15, 0.2) is 5.75 Å². The Morgan fingerprint density at radius 1 is 1.38 bits per heavy atom. The van der Waals surface area contributed by atoms with Crippen molar-refractivity contribution >= 4 is 16.7 Å². The molecule has 88 valence electrons. The Hall–Kier alpha value is -0.840. The molecule has 0 spiro atoms. The molecule has 0 radical (unpaired) electrons. The van der Waals surface area contributed by atoms with Gasteiger partial charge in [-0.15, -0.1) is 0 Å². The zero-order valence-corrected chi connectivity index (χ0v) is 10.1. The third-order valence-electron chi connectivity index (χ3n) is 2.16. The van der Waals surface area contributed by atoms with Crippen LogP contribution in [0.5, 0.6) is 0 Å². The maximum atomic E-state index is 11.8. The van der Waals surface area contributed by atoms with E-state index < -0.39 is 6.10 Å². The van der Waals surface area contributed by atoms with Crippen LogP contribution in [0, 0.1) is 0 Å². The topological polar surface area (TPSA) is 57.5 Å². The molecule has 0 saturated heterocycles. The van der Waals surface area contributed by atoms with Gasteiger partial charge in [0, 0.05) is 5.56 Å². The number of rotatable bonds is 6. The second-order valence-corrected chi connectivity index (χ2v) is 5.90. The van der Waals surface area contributed by atoms with E-state index in [1.165, 1.54) is 0 Å². The van der Waals surface area contributed by atoms with Crippen molar-refractivity contribution in [2.24, 2.45) is 0 Å². The number of ketones is 1. The normalized spacial score (nSPS) is 14.4. The maximum absolute atomic E-state index is 11.8. The third-order valence-corrected chi connectivity index (χ3v) is 3.87. The van der Waals surface area contributed by atoms with Crippen molar-refractivity contribution < 1.29 is 15.0 Å². The molecule has 0 aliphatic carbocycles. The summed E-state index contributed by atoms with van der Waals surface area (Å²) in [6.07, 6.45) is 1.22. The molecule has 0 amide bonds. The van der Waals surface area contributed by atoms with Crippen molar-refractivity contribution in [3.63, 3.8) is 0 Å². The maximum Gasteiger partial charge on any atom is 0.211 e. The summed E-state index contributed by atoms with van der Waals surface area (Å²) in [5.41, 5.74) is 0.709. The van der Waals surface area contributed by atoms with E-state index in [1.807, 2.05) is 24.5 Å². The van der Waals surface area contributed by atoms with Gasteiger partial charge in [-0.1, -0.05) is 30.3 Å². The van der Waals surface area contributed by atoms with E-state index in [1.54, 1.807) is 12.1 Å². The van der Waals surface area contributed by atoms with Gasteiger partial charge in [0.1, 0.15) is 11.9 Å². The first-order valence-corrected chi connectivity index (χ1v) is 7.07. The molecule has 2 N–H and O–H groups in total. The molecule has 2 unspecified atom stereocenters. The highest BCUT2D eigenvalue weighted by Gasteiger charge is 2.21. The fourth-order valence-electron chi connectivity index (χ4n) is 1.37. The number of carbonyl (C=O) groups excluding carboxylic acids is 1. The van der Waals surface area contributed by atoms with Crippen LogP contribution in [-0.2, 0) is 10.9 Å². The van der Waals surface area contributed by atoms with Crippen LogP contribution >= 0.6 is 0 Å². The van der Waals surface area contributed by atoms with Gasteiger partial charge in [0.2, 0.25) is 5.78 Å². The highest BCUT2D eigenvalue weighted by Crippen LogP contribution is 2.04. The Kier molecular flexibility index (Phi) is 5.52. The molecule has 0 aliphatic heterocycles. The van der Waals surface area contributed by atoms with E-state index in [2.05, 4.69) is 0 Å². The zero-order valence-electron chi connectivity index (χ0n) is 9.30. The molecule has 0 aliphatic rings. The summed E-state index contributed by atoms with van der Waals surface area (Å²) in [5, 5.41) is 18.0. The van der Waals surface area contributed by atoms with Crippen LogP contribution in [0.4, 0.5) is 0 Å². The highest BCUT2D eigenvalue weighted by atomic mass is 32.2. The second kappa shape index (κ2) is 6.68. The molecule has 0 bridgehead atoms. The molecule has 0 fully saturated rings. The number of aliphatic hydroxyl groups excluding tert-OH is 2. The summed E-state index contributed by atoms with van der Waals surface area (Å²) in [5.74, 6) is 1.01. The van der Waals surface area contributed by atoms with E-state index in [4.69, 9.17) is 5.11 Å².